The van der Waals surface area contributed by atoms with E-state index in [4.69, 9.17) is 0 Å². The smallest absolute Gasteiger partial charge is 0.305 e. The lowest BCUT2D eigenvalue weighted by atomic mass is 10.5. The highest BCUT2D eigenvalue weighted by Crippen LogP contribution is 2.32. The SMILES string of the molecule is O=c1ccnc(-c2nc(C(F)(F)F)cs2)[nH]1. The van der Waals surface area contributed by atoms with E-state index in [2.05, 4.69) is 15.0 Å². The molecule has 0 aromatic carbocycles. The molecule has 0 saturated carbocycles. The fourth-order valence-corrected chi connectivity index (χ4v) is 1.77. The van der Waals surface area contributed by atoms with Crippen molar-refractivity contribution in [2.75, 3.05) is 0 Å². The number of aromatic amines is 1. The van der Waals surface area contributed by atoms with Gasteiger partial charge in [0.2, 0.25) is 0 Å². The minimum absolute atomic E-state index is 0.0324. The molecule has 2 aromatic heterocycles. The van der Waals surface area contributed by atoms with E-state index in [-0.39, 0.29) is 10.8 Å². The Hall–Kier alpha value is -1.70. The summed E-state index contributed by atoms with van der Waals surface area (Å²) in [4.78, 5) is 20.3. The first-order valence-corrected chi connectivity index (χ1v) is 4.93. The average Bonchev–Trinajstić information content (AvgIpc) is 2.65. The number of thiazole rings is 1. The number of nitrogens with zero attached hydrogens (tertiary/aromatic N) is 2. The molecule has 8 heteroatoms. The van der Waals surface area contributed by atoms with Gasteiger partial charge in [-0.25, -0.2) is 9.97 Å². The summed E-state index contributed by atoms with van der Waals surface area (Å²) in [5.41, 5.74) is -1.42. The first kappa shape index (κ1) is 10.8. The van der Waals surface area contributed by atoms with Crippen LogP contribution in [0.25, 0.3) is 10.8 Å². The summed E-state index contributed by atoms with van der Waals surface area (Å²) in [5.74, 6) is 0.0352. The Balaban J connectivity index is 2.43. The maximum absolute atomic E-state index is 12.2. The molecule has 16 heavy (non-hydrogen) atoms. The average molecular weight is 247 g/mol. The van der Waals surface area contributed by atoms with Gasteiger partial charge in [-0.2, -0.15) is 13.2 Å². The van der Waals surface area contributed by atoms with Crippen LogP contribution in [0, 0.1) is 0 Å². The van der Waals surface area contributed by atoms with Crippen LogP contribution < -0.4 is 5.56 Å². The molecular formula is C8H4F3N3OS. The van der Waals surface area contributed by atoms with Gasteiger partial charge in [0, 0.05) is 17.6 Å². The van der Waals surface area contributed by atoms with Crippen molar-refractivity contribution in [1.82, 2.24) is 15.0 Å². The molecule has 1 N–H and O–H groups in total. The van der Waals surface area contributed by atoms with Crippen molar-refractivity contribution in [3.05, 3.63) is 33.7 Å². The molecule has 2 heterocycles. The van der Waals surface area contributed by atoms with Crippen molar-refractivity contribution < 1.29 is 13.2 Å². The lowest BCUT2D eigenvalue weighted by molar-refractivity contribution is -0.140. The van der Waals surface area contributed by atoms with Crippen LogP contribution in [0.3, 0.4) is 0 Å². The Labute approximate surface area is 90.8 Å². The fraction of sp³-hybridized carbons (Fsp3) is 0.125. The molecule has 0 radical (unpaired) electrons. The van der Waals surface area contributed by atoms with Crippen LogP contribution in [0.5, 0.6) is 0 Å². The van der Waals surface area contributed by atoms with E-state index < -0.39 is 17.4 Å². The van der Waals surface area contributed by atoms with Crippen molar-refractivity contribution in [3.63, 3.8) is 0 Å². The predicted molar refractivity (Wildman–Crippen MR) is 51.0 cm³/mol. The molecule has 0 amide bonds. The molecule has 0 bridgehead atoms. The molecule has 0 fully saturated rings. The largest absolute Gasteiger partial charge is 0.434 e. The maximum Gasteiger partial charge on any atom is 0.434 e. The predicted octanol–water partition coefficient (Wildman–Crippen LogP) is 1.91. The summed E-state index contributed by atoms with van der Waals surface area (Å²) in [6.07, 6.45) is -3.27. The van der Waals surface area contributed by atoms with Gasteiger partial charge in [0.1, 0.15) is 0 Å². The quantitative estimate of drug-likeness (QED) is 0.837. The number of rotatable bonds is 1. The van der Waals surface area contributed by atoms with Crippen LogP contribution in [0.4, 0.5) is 13.2 Å². The van der Waals surface area contributed by atoms with Crippen LogP contribution >= 0.6 is 11.3 Å². The number of H-pyrrole nitrogens is 1. The van der Waals surface area contributed by atoms with E-state index in [0.29, 0.717) is 0 Å². The zero-order valence-corrected chi connectivity index (χ0v) is 8.39. The van der Waals surface area contributed by atoms with Crippen molar-refractivity contribution in [2.45, 2.75) is 6.18 Å². The number of nitrogens with one attached hydrogen (secondary N) is 1. The number of halogens is 3. The second-order valence-electron chi connectivity index (χ2n) is 2.82. The third-order valence-electron chi connectivity index (χ3n) is 1.67. The van der Waals surface area contributed by atoms with Crippen molar-refractivity contribution in [2.24, 2.45) is 0 Å². The Kier molecular flexibility index (Phi) is 2.50. The third kappa shape index (κ3) is 2.11. The Morgan fingerprint density at radius 2 is 2.12 bits per heavy atom. The topological polar surface area (TPSA) is 58.6 Å². The molecule has 0 aliphatic carbocycles. The van der Waals surface area contributed by atoms with Gasteiger partial charge < -0.3 is 4.98 Å². The van der Waals surface area contributed by atoms with E-state index in [1.54, 1.807) is 0 Å². The summed E-state index contributed by atoms with van der Waals surface area (Å²) in [7, 11) is 0. The zero-order chi connectivity index (χ0) is 11.8. The standard InChI is InChI=1S/C8H4F3N3OS/c9-8(10,11)4-3-16-7(13-4)6-12-2-1-5(15)14-6/h1-3H,(H,12,14,15). The van der Waals surface area contributed by atoms with Gasteiger partial charge in [0.05, 0.1) is 0 Å². The highest BCUT2D eigenvalue weighted by atomic mass is 32.1. The first-order chi connectivity index (χ1) is 7.47. The zero-order valence-electron chi connectivity index (χ0n) is 7.58. The summed E-state index contributed by atoms with van der Waals surface area (Å²) in [6, 6.07) is 1.17. The molecule has 4 nitrogen and oxygen atoms in total. The highest BCUT2D eigenvalue weighted by molar-refractivity contribution is 7.13. The minimum Gasteiger partial charge on any atom is -0.305 e. The second kappa shape index (κ2) is 3.71. The molecule has 84 valence electrons. The van der Waals surface area contributed by atoms with Crippen LogP contribution in [-0.4, -0.2) is 15.0 Å². The summed E-state index contributed by atoms with van der Waals surface area (Å²) in [6.45, 7) is 0. The van der Waals surface area contributed by atoms with Crippen molar-refractivity contribution in [3.8, 4) is 10.8 Å². The Morgan fingerprint density at radius 1 is 1.38 bits per heavy atom. The van der Waals surface area contributed by atoms with Gasteiger partial charge in [-0.05, 0) is 0 Å². The molecule has 0 aliphatic rings. The summed E-state index contributed by atoms with van der Waals surface area (Å²) < 4.78 is 36.7. The molecule has 0 spiro atoms. The number of alkyl halides is 3. The Morgan fingerprint density at radius 3 is 2.69 bits per heavy atom. The first-order valence-electron chi connectivity index (χ1n) is 4.05. The van der Waals surface area contributed by atoms with E-state index in [1.807, 2.05) is 0 Å². The van der Waals surface area contributed by atoms with Crippen LogP contribution in [0.2, 0.25) is 0 Å². The second-order valence-corrected chi connectivity index (χ2v) is 3.68. The van der Waals surface area contributed by atoms with Gasteiger partial charge in [0.15, 0.2) is 16.5 Å². The lowest BCUT2D eigenvalue weighted by Crippen LogP contribution is -2.07. The van der Waals surface area contributed by atoms with Crippen LogP contribution in [-0.2, 0) is 6.18 Å². The van der Waals surface area contributed by atoms with Crippen LogP contribution in [0.15, 0.2) is 22.4 Å². The van der Waals surface area contributed by atoms with Gasteiger partial charge in [-0.3, -0.25) is 4.79 Å². The molecule has 0 saturated heterocycles. The van der Waals surface area contributed by atoms with Crippen molar-refractivity contribution >= 4 is 11.3 Å². The lowest BCUT2D eigenvalue weighted by Gasteiger charge is -1.99. The summed E-state index contributed by atoms with van der Waals surface area (Å²) >= 11 is 0.774. The molecule has 0 unspecified atom stereocenters. The third-order valence-corrected chi connectivity index (χ3v) is 2.52. The molecule has 0 atom stereocenters. The highest BCUT2D eigenvalue weighted by Gasteiger charge is 2.34. The molecular weight excluding hydrogens is 243 g/mol. The normalized spacial score (nSPS) is 11.7. The summed E-state index contributed by atoms with van der Waals surface area (Å²) in [5, 5.41) is 0.910. The molecule has 2 rings (SSSR count). The van der Waals surface area contributed by atoms with E-state index in [1.165, 1.54) is 12.3 Å². The van der Waals surface area contributed by atoms with Gasteiger partial charge in [-0.1, -0.05) is 0 Å². The van der Waals surface area contributed by atoms with Gasteiger partial charge in [-0.15, -0.1) is 11.3 Å². The Bertz CT molecular complexity index is 560. The van der Waals surface area contributed by atoms with Gasteiger partial charge in [0.25, 0.3) is 5.56 Å². The van der Waals surface area contributed by atoms with E-state index in [0.717, 1.165) is 16.7 Å². The number of hydrogen-bond acceptors (Lipinski definition) is 4. The van der Waals surface area contributed by atoms with E-state index in [9.17, 15) is 18.0 Å². The minimum atomic E-state index is -4.48. The van der Waals surface area contributed by atoms with Crippen molar-refractivity contribution in [1.29, 1.82) is 0 Å². The van der Waals surface area contributed by atoms with Gasteiger partial charge >= 0.3 is 6.18 Å². The number of aromatic nitrogens is 3. The van der Waals surface area contributed by atoms with E-state index >= 15 is 0 Å². The fourth-order valence-electron chi connectivity index (χ4n) is 0.992. The molecule has 0 aliphatic heterocycles. The number of hydrogen-bond donors (Lipinski definition) is 1. The monoisotopic (exact) mass is 247 g/mol. The maximum atomic E-state index is 12.2. The van der Waals surface area contributed by atoms with Crippen LogP contribution in [0.1, 0.15) is 5.69 Å². The molecule has 2 aromatic rings.